The molecule has 242 valence electrons. The minimum atomic E-state index is -1.45. The first kappa shape index (κ1) is 32.8. The third kappa shape index (κ3) is 8.15. The van der Waals surface area contributed by atoms with Crippen molar-refractivity contribution in [3.8, 4) is 5.75 Å². The number of aliphatic hydroxyl groups is 4. The van der Waals surface area contributed by atoms with Gasteiger partial charge in [0.05, 0.1) is 43.2 Å². The Hall–Kier alpha value is -2.61. The van der Waals surface area contributed by atoms with Crippen LogP contribution in [0.15, 0.2) is 30.6 Å². The zero-order valence-corrected chi connectivity index (χ0v) is 25.6. The molecule has 13 heteroatoms. The van der Waals surface area contributed by atoms with Gasteiger partial charge >= 0.3 is 0 Å². The van der Waals surface area contributed by atoms with Crippen molar-refractivity contribution in [1.29, 1.82) is 0 Å². The number of amides is 1. The predicted octanol–water partition coefficient (Wildman–Crippen LogP) is 1.49. The van der Waals surface area contributed by atoms with E-state index in [0.717, 1.165) is 45.2 Å². The summed E-state index contributed by atoms with van der Waals surface area (Å²) in [5.41, 5.74) is 0.323. The number of β-amino-alcohol motifs (C(OH)–C–C–N with tert-alkyl or cyclic N) is 1. The highest BCUT2D eigenvalue weighted by molar-refractivity contribution is 6.30. The minimum absolute atomic E-state index is 0.0257. The molecule has 44 heavy (non-hydrogen) atoms. The lowest BCUT2D eigenvalue weighted by Crippen LogP contribution is -2.48. The molecule has 3 saturated heterocycles. The molecule has 4 N–H and O–H groups in total. The zero-order chi connectivity index (χ0) is 31.2. The highest BCUT2D eigenvalue weighted by atomic mass is 35.5. The normalized spacial score (nSPS) is 23.0. The van der Waals surface area contributed by atoms with Crippen LogP contribution in [0.4, 0.5) is 10.3 Å². The summed E-state index contributed by atoms with van der Waals surface area (Å²) in [5.74, 6) is 1.37. The molecule has 1 aromatic carbocycles. The Morgan fingerprint density at radius 3 is 2.52 bits per heavy atom. The van der Waals surface area contributed by atoms with Gasteiger partial charge in [0.25, 0.3) is 0 Å². The van der Waals surface area contributed by atoms with Gasteiger partial charge in [0.1, 0.15) is 23.8 Å². The molecule has 1 amide bonds. The van der Waals surface area contributed by atoms with Gasteiger partial charge in [-0.2, -0.15) is 0 Å². The van der Waals surface area contributed by atoms with Crippen LogP contribution in [0, 0.1) is 17.7 Å². The van der Waals surface area contributed by atoms with Gasteiger partial charge in [-0.25, -0.2) is 14.4 Å². The molecule has 0 spiro atoms. The topological polar surface area (TPSA) is 143 Å². The molecule has 0 saturated carbocycles. The van der Waals surface area contributed by atoms with E-state index in [-0.39, 0.29) is 30.8 Å². The average Bonchev–Trinajstić information content (AvgIpc) is 3.62. The van der Waals surface area contributed by atoms with Crippen molar-refractivity contribution in [2.45, 2.75) is 62.9 Å². The number of nitrogens with zero attached hydrogens (tertiary/aromatic N) is 5. The molecule has 1 aromatic heterocycles. The molecule has 4 heterocycles. The molecular weight excluding hydrogens is 593 g/mol. The number of carbonyl (C=O) groups excluding carboxylic acids is 1. The van der Waals surface area contributed by atoms with Gasteiger partial charge in [0.2, 0.25) is 11.9 Å². The molecule has 0 bridgehead atoms. The standard InChI is InChI=1S/C31H43ClFN5O6/c32-23-14-34-31(35-15-23)36-8-5-20(6-9-36)2-1-11-44-24-4-3-21(25(33)13-24)12-29(42)38-16-22-7-10-37(26(22)17-38)18-27(40)30(43)28(41)19-39/h3-4,13-15,20,22,26-28,30,39-41,43H,1-2,5-12,16-19H2/t22-,26+,27+,28-,30+/m1/s1. The van der Waals surface area contributed by atoms with Crippen molar-refractivity contribution in [3.63, 3.8) is 0 Å². The first-order valence-electron chi connectivity index (χ1n) is 15.5. The van der Waals surface area contributed by atoms with Crippen molar-refractivity contribution >= 4 is 23.5 Å². The Kier molecular flexibility index (Phi) is 11.3. The number of carbonyl (C=O) groups is 1. The number of likely N-dealkylation sites (tertiary alicyclic amines) is 2. The quantitative estimate of drug-likeness (QED) is 0.239. The van der Waals surface area contributed by atoms with E-state index >= 15 is 0 Å². The molecule has 0 radical (unpaired) electrons. The summed E-state index contributed by atoms with van der Waals surface area (Å²) in [6, 6.07) is 4.70. The third-order valence-corrected chi connectivity index (χ3v) is 9.50. The first-order chi connectivity index (χ1) is 21.2. The van der Waals surface area contributed by atoms with Crippen molar-refractivity contribution < 1.29 is 34.3 Å². The number of anilines is 1. The summed E-state index contributed by atoms with van der Waals surface area (Å²) in [5, 5.41) is 39.5. The highest BCUT2D eigenvalue weighted by Crippen LogP contribution is 2.32. The number of aliphatic hydroxyl groups excluding tert-OH is 4. The molecule has 3 fully saturated rings. The maximum Gasteiger partial charge on any atom is 0.227 e. The zero-order valence-electron chi connectivity index (χ0n) is 24.8. The Balaban J connectivity index is 1.02. The minimum Gasteiger partial charge on any atom is -0.493 e. The number of fused-ring (bicyclic) bond motifs is 1. The second kappa shape index (κ2) is 15.1. The molecule has 5 atom stereocenters. The van der Waals surface area contributed by atoms with Crippen LogP contribution in [-0.4, -0.2) is 123 Å². The second-order valence-corrected chi connectivity index (χ2v) is 12.7. The Morgan fingerprint density at radius 2 is 1.82 bits per heavy atom. The average molecular weight is 636 g/mol. The van der Waals surface area contributed by atoms with E-state index in [1.165, 1.54) is 6.07 Å². The SMILES string of the molecule is O=C(Cc1ccc(OCCCC2CCN(c3ncc(Cl)cn3)CC2)cc1F)N1C[C@H]2CCN(C[C@H](O)[C@H](O)[C@H](O)CO)[C@H]2C1. The summed E-state index contributed by atoms with van der Waals surface area (Å²) >= 11 is 5.88. The number of rotatable bonds is 13. The second-order valence-electron chi connectivity index (χ2n) is 12.3. The predicted molar refractivity (Wildman–Crippen MR) is 162 cm³/mol. The Labute approximate surface area is 262 Å². The van der Waals surface area contributed by atoms with Crippen molar-refractivity contribution in [2.24, 2.45) is 11.8 Å². The summed E-state index contributed by atoms with van der Waals surface area (Å²) in [4.78, 5) is 27.6. The fourth-order valence-electron chi connectivity index (χ4n) is 6.68. The summed E-state index contributed by atoms with van der Waals surface area (Å²) in [7, 11) is 0. The first-order valence-corrected chi connectivity index (χ1v) is 15.9. The van der Waals surface area contributed by atoms with Crippen LogP contribution < -0.4 is 9.64 Å². The molecule has 11 nitrogen and oxygen atoms in total. The molecule has 5 rings (SSSR count). The number of piperidine rings is 1. The van der Waals surface area contributed by atoms with Gasteiger partial charge in [-0.05, 0) is 62.1 Å². The van der Waals surface area contributed by atoms with E-state index in [9.17, 15) is 24.5 Å². The van der Waals surface area contributed by atoms with Crippen LogP contribution in [0.3, 0.4) is 0 Å². The number of aromatic nitrogens is 2. The lowest BCUT2D eigenvalue weighted by molar-refractivity contribution is -0.130. The summed E-state index contributed by atoms with van der Waals surface area (Å²) in [6.07, 6.45) is 3.96. The molecule has 0 aliphatic carbocycles. The van der Waals surface area contributed by atoms with Crippen molar-refractivity contribution in [1.82, 2.24) is 19.8 Å². The molecular formula is C31H43ClFN5O6. The van der Waals surface area contributed by atoms with Crippen molar-refractivity contribution in [2.75, 3.05) is 57.4 Å². The van der Waals surface area contributed by atoms with Crippen LogP contribution >= 0.6 is 11.6 Å². The van der Waals surface area contributed by atoms with Crippen molar-refractivity contribution in [3.05, 3.63) is 47.0 Å². The maximum absolute atomic E-state index is 14.9. The highest BCUT2D eigenvalue weighted by Gasteiger charge is 2.43. The maximum atomic E-state index is 14.9. The summed E-state index contributed by atoms with van der Waals surface area (Å²) in [6.45, 7) is 3.54. The molecule has 2 aromatic rings. The Bertz CT molecular complexity index is 1240. The van der Waals surface area contributed by atoms with E-state index in [4.69, 9.17) is 21.4 Å². The van der Waals surface area contributed by atoms with Gasteiger partial charge in [-0.15, -0.1) is 0 Å². The molecule has 3 aliphatic heterocycles. The number of ether oxygens (including phenoxy) is 1. The van der Waals surface area contributed by atoms with Gasteiger partial charge in [-0.1, -0.05) is 17.7 Å². The fraction of sp³-hybridized carbons (Fsp3) is 0.645. The van der Waals surface area contributed by atoms with Gasteiger partial charge < -0.3 is 35.0 Å². The number of halogens is 2. The van der Waals surface area contributed by atoms with Gasteiger partial charge in [-0.3, -0.25) is 9.69 Å². The van der Waals surface area contributed by atoms with Crippen LogP contribution in [0.5, 0.6) is 5.75 Å². The van der Waals surface area contributed by atoms with Gasteiger partial charge in [0, 0.05) is 44.8 Å². The lowest BCUT2D eigenvalue weighted by Gasteiger charge is -2.31. The third-order valence-electron chi connectivity index (χ3n) is 9.31. The molecule has 3 aliphatic rings. The largest absolute Gasteiger partial charge is 0.493 e. The van der Waals surface area contributed by atoms with E-state index in [0.29, 0.717) is 54.4 Å². The van der Waals surface area contributed by atoms with Gasteiger partial charge in [0.15, 0.2) is 0 Å². The fourth-order valence-corrected chi connectivity index (χ4v) is 6.78. The number of benzene rings is 1. The summed E-state index contributed by atoms with van der Waals surface area (Å²) < 4.78 is 20.8. The monoisotopic (exact) mass is 635 g/mol. The van der Waals surface area contributed by atoms with E-state index in [1.807, 2.05) is 4.90 Å². The van der Waals surface area contributed by atoms with Crippen LogP contribution in [0.25, 0.3) is 0 Å². The van der Waals surface area contributed by atoms with Crippen LogP contribution in [0.1, 0.15) is 37.7 Å². The molecule has 0 unspecified atom stereocenters. The van der Waals surface area contributed by atoms with E-state index in [2.05, 4.69) is 14.9 Å². The van der Waals surface area contributed by atoms with Crippen LogP contribution in [0.2, 0.25) is 5.02 Å². The smallest absolute Gasteiger partial charge is 0.227 e. The van der Waals surface area contributed by atoms with Crippen LogP contribution in [-0.2, 0) is 11.2 Å². The number of hydrogen-bond acceptors (Lipinski definition) is 10. The van der Waals surface area contributed by atoms with E-state index < -0.39 is 30.7 Å². The lowest BCUT2D eigenvalue weighted by atomic mass is 9.92. The number of hydrogen-bond donors (Lipinski definition) is 4. The van der Waals surface area contributed by atoms with E-state index in [1.54, 1.807) is 29.4 Å². The Morgan fingerprint density at radius 1 is 1.07 bits per heavy atom.